The molecule has 1 aliphatic rings. The van der Waals surface area contributed by atoms with Gasteiger partial charge in [0.25, 0.3) is 0 Å². The summed E-state index contributed by atoms with van der Waals surface area (Å²) in [4.78, 5) is 0. The van der Waals surface area contributed by atoms with Gasteiger partial charge in [-0.25, -0.2) is 0 Å². The first-order chi connectivity index (χ1) is 6.31. The van der Waals surface area contributed by atoms with Crippen LogP contribution in [0.1, 0.15) is 12.0 Å². The number of rotatable bonds is 0. The molecule has 4 heteroatoms. The van der Waals surface area contributed by atoms with Crippen molar-refractivity contribution in [2.75, 3.05) is 11.9 Å². The molecule has 68 valence electrons. The molecule has 2 N–H and O–H groups in total. The van der Waals surface area contributed by atoms with Crippen LogP contribution in [0, 0.1) is 0 Å². The monoisotopic (exact) mass is 240 g/mol. The number of nitrogens with zero attached hydrogens (tertiary/aromatic N) is 1. The van der Waals surface area contributed by atoms with Crippen LogP contribution in [0.15, 0.2) is 27.8 Å². The Balaban J connectivity index is 2.54. The lowest BCUT2D eigenvalue weighted by molar-refractivity contribution is 0.318. The molecule has 13 heavy (non-hydrogen) atoms. The van der Waals surface area contributed by atoms with E-state index in [1.165, 1.54) is 0 Å². The number of hydrogen-bond donors (Lipinski definition) is 2. The predicted octanol–water partition coefficient (Wildman–Crippen LogP) is 2.44. The van der Waals surface area contributed by atoms with Gasteiger partial charge in [0.15, 0.2) is 0 Å². The molecule has 3 nitrogen and oxygen atoms in total. The number of benzene rings is 1. The van der Waals surface area contributed by atoms with Crippen molar-refractivity contribution in [1.82, 2.24) is 0 Å². The van der Waals surface area contributed by atoms with Crippen LogP contribution in [0.5, 0.6) is 0 Å². The van der Waals surface area contributed by atoms with Crippen molar-refractivity contribution < 1.29 is 5.21 Å². The second-order valence-corrected chi connectivity index (χ2v) is 3.83. The van der Waals surface area contributed by atoms with E-state index in [1.54, 1.807) is 0 Å². The van der Waals surface area contributed by atoms with E-state index in [0.717, 1.165) is 34.4 Å². The molecule has 0 radical (unpaired) electrons. The van der Waals surface area contributed by atoms with Crippen molar-refractivity contribution in [1.29, 1.82) is 0 Å². The van der Waals surface area contributed by atoms with Crippen molar-refractivity contribution >= 4 is 27.3 Å². The van der Waals surface area contributed by atoms with Gasteiger partial charge in [-0.1, -0.05) is 21.1 Å². The Morgan fingerprint density at radius 1 is 1.46 bits per heavy atom. The summed E-state index contributed by atoms with van der Waals surface area (Å²) in [5.41, 5.74) is 2.75. The molecule has 1 aromatic carbocycles. The molecule has 1 heterocycles. The van der Waals surface area contributed by atoms with Gasteiger partial charge in [-0.15, -0.1) is 0 Å². The fourth-order valence-corrected chi connectivity index (χ4v) is 1.82. The van der Waals surface area contributed by atoms with Crippen molar-refractivity contribution in [3.8, 4) is 0 Å². The van der Waals surface area contributed by atoms with E-state index in [-0.39, 0.29) is 0 Å². The highest BCUT2D eigenvalue weighted by molar-refractivity contribution is 9.10. The van der Waals surface area contributed by atoms with Crippen molar-refractivity contribution in [2.45, 2.75) is 6.42 Å². The zero-order chi connectivity index (χ0) is 9.26. The third-order valence-corrected chi connectivity index (χ3v) is 2.58. The molecule has 0 saturated heterocycles. The highest BCUT2D eigenvalue weighted by Gasteiger charge is 2.15. The minimum absolute atomic E-state index is 0.745. The lowest BCUT2D eigenvalue weighted by Gasteiger charge is -2.18. The van der Waals surface area contributed by atoms with Gasteiger partial charge >= 0.3 is 0 Å². The quantitative estimate of drug-likeness (QED) is 0.541. The van der Waals surface area contributed by atoms with E-state index in [2.05, 4.69) is 26.4 Å². The first kappa shape index (κ1) is 8.56. The van der Waals surface area contributed by atoms with Gasteiger partial charge in [-0.2, -0.15) is 0 Å². The normalized spacial score (nSPS) is 18.1. The molecule has 0 saturated carbocycles. The van der Waals surface area contributed by atoms with Crippen LogP contribution in [-0.4, -0.2) is 17.5 Å². The Hall–Kier alpha value is -1.03. The zero-order valence-corrected chi connectivity index (χ0v) is 8.50. The zero-order valence-electron chi connectivity index (χ0n) is 6.92. The summed E-state index contributed by atoms with van der Waals surface area (Å²) in [6.45, 7) is 0.827. The van der Waals surface area contributed by atoms with E-state index in [4.69, 9.17) is 5.21 Å². The van der Waals surface area contributed by atoms with Gasteiger partial charge in [0.1, 0.15) is 0 Å². The van der Waals surface area contributed by atoms with Crippen LogP contribution in [-0.2, 0) is 0 Å². The van der Waals surface area contributed by atoms with Gasteiger partial charge < -0.3 is 10.5 Å². The van der Waals surface area contributed by atoms with E-state index in [1.807, 2.05) is 18.2 Å². The standard InChI is InChI=1S/C9H9BrN2O/c10-6-1-2-8-7(5-6)9(12-13)3-4-11-8/h1-2,5,11,13H,3-4H2. The molecule has 2 rings (SSSR count). The van der Waals surface area contributed by atoms with Crippen LogP contribution >= 0.6 is 15.9 Å². The summed E-state index contributed by atoms with van der Waals surface area (Å²) >= 11 is 3.38. The summed E-state index contributed by atoms with van der Waals surface area (Å²) in [7, 11) is 0. The first-order valence-corrected chi connectivity index (χ1v) is 4.85. The molecule has 0 unspecified atom stereocenters. The molecule has 0 amide bonds. The minimum atomic E-state index is 0.745. The number of nitrogens with one attached hydrogen (secondary N) is 1. The molecule has 1 aromatic rings. The maximum atomic E-state index is 8.77. The number of fused-ring (bicyclic) bond motifs is 1. The minimum Gasteiger partial charge on any atom is -0.411 e. The fraction of sp³-hybridized carbons (Fsp3) is 0.222. The maximum Gasteiger partial charge on any atom is 0.0906 e. The summed E-state index contributed by atoms with van der Waals surface area (Å²) in [6.07, 6.45) is 0.764. The second kappa shape index (κ2) is 3.38. The van der Waals surface area contributed by atoms with E-state index in [9.17, 15) is 0 Å². The van der Waals surface area contributed by atoms with Gasteiger partial charge in [0, 0.05) is 28.7 Å². The third kappa shape index (κ3) is 1.54. The molecule has 0 fully saturated rings. The average Bonchev–Trinajstić information content (AvgIpc) is 2.17. The van der Waals surface area contributed by atoms with Crippen molar-refractivity contribution in [2.24, 2.45) is 5.16 Å². The van der Waals surface area contributed by atoms with Gasteiger partial charge in [0.2, 0.25) is 0 Å². The number of oxime groups is 1. The van der Waals surface area contributed by atoms with Crippen molar-refractivity contribution in [3.63, 3.8) is 0 Å². The summed E-state index contributed by atoms with van der Waals surface area (Å²) in [6, 6.07) is 5.90. The molecule has 0 aromatic heterocycles. The summed E-state index contributed by atoms with van der Waals surface area (Å²) < 4.78 is 0.996. The largest absolute Gasteiger partial charge is 0.411 e. The molecule has 0 spiro atoms. The number of anilines is 1. The highest BCUT2D eigenvalue weighted by Crippen LogP contribution is 2.25. The molecular weight excluding hydrogens is 232 g/mol. The predicted molar refractivity (Wildman–Crippen MR) is 55.6 cm³/mol. The van der Waals surface area contributed by atoms with Gasteiger partial charge in [0.05, 0.1) is 5.71 Å². The van der Waals surface area contributed by atoms with Crippen LogP contribution in [0.3, 0.4) is 0 Å². The van der Waals surface area contributed by atoms with Gasteiger partial charge in [-0.3, -0.25) is 0 Å². The molecule has 0 bridgehead atoms. The van der Waals surface area contributed by atoms with E-state index in [0.29, 0.717) is 0 Å². The Labute approximate surface area is 84.6 Å². The maximum absolute atomic E-state index is 8.77. The Bertz CT molecular complexity index is 363. The smallest absolute Gasteiger partial charge is 0.0906 e. The summed E-state index contributed by atoms with van der Waals surface area (Å²) in [5.74, 6) is 0. The number of hydrogen-bond acceptors (Lipinski definition) is 3. The highest BCUT2D eigenvalue weighted by atomic mass is 79.9. The molecule has 0 atom stereocenters. The second-order valence-electron chi connectivity index (χ2n) is 2.91. The molecular formula is C9H9BrN2O. The Kier molecular flexibility index (Phi) is 2.22. The van der Waals surface area contributed by atoms with E-state index < -0.39 is 0 Å². The van der Waals surface area contributed by atoms with Crippen LogP contribution in [0.2, 0.25) is 0 Å². The third-order valence-electron chi connectivity index (χ3n) is 2.09. The lowest BCUT2D eigenvalue weighted by Crippen LogP contribution is -2.18. The molecule has 0 aliphatic carbocycles. The lowest BCUT2D eigenvalue weighted by atomic mass is 10.0. The average molecular weight is 241 g/mol. The van der Waals surface area contributed by atoms with Crippen LogP contribution in [0.25, 0.3) is 0 Å². The fourth-order valence-electron chi connectivity index (χ4n) is 1.46. The van der Waals surface area contributed by atoms with Crippen LogP contribution < -0.4 is 5.32 Å². The van der Waals surface area contributed by atoms with Gasteiger partial charge in [-0.05, 0) is 18.2 Å². The van der Waals surface area contributed by atoms with E-state index >= 15 is 0 Å². The van der Waals surface area contributed by atoms with Crippen molar-refractivity contribution in [3.05, 3.63) is 28.2 Å². The topological polar surface area (TPSA) is 44.6 Å². The first-order valence-electron chi connectivity index (χ1n) is 4.06. The summed E-state index contributed by atoms with van der Waals surface area (Å²) in [5, 5.41) is 15.3. The number of halogens is 1. The Morgan fingerprint density at radius 2 is 2.31 bits per heavy atom. The molecule has 1 aliphatic heterocycles. The Morgan fingerprint density at radius 3 is 3.08 bits per heavy atom. The van der Waals surface area contributed by atoms with Crippen LogP contribution in [0.4, 0.5) is 5.69 Å². The SMILES string of the molecule is ON=C1CCNc2ccc(Br)cc21.